The molecular weight excluding hydrogens is 152 g/mol. The Labute approximate surface area is 72.9 Å². The standard InChI is InChI=1S/C10H14O2/c1-2-8-12-10(11)9-6-4-3-5-7-9/h4,6-7H,2-3,5,8H2,1H3. The zero-order chi connectivity index (χ0) is 8.81. The quantitative estimate of drug-likeness (QED) is 0.601. The van der Waals surface area contributed by atoms with Crippen molar-refractivity contribution >= 4 is 5.97 Å². The van der Waals surface area contributed by atoms with E-state index in [1.807, 2.05) is 25.2 Å². The fourth-order valence-electron chi connectivity index (χ4n) is 1.04. The Morgan fingerprint density at radius 2 is 2.42 bits per heavy atom. The molecule has 0 aromatic rings. The molecule has 0 spiro atoms. The van der Waals surface area contributed by atoms with E-state index < -0.39 is 0 Å². The first-order valence-corrected chi connectivity index (χ1v) is 4.38. The van der Waals surface area contributed by atoms with Crippen molar-refractivity contribution in [2.24, 2.45) is 0 Å². The highest BCUT2D eigenvalue weighted by Gasteiger charge is 2.08. The van der Waals surface area contributed by atoms with Crippen molar-refractivity contribution in [1.29, 1.82) is 0 Å². The number of hydrogen-bond acceptors (Lipinski definition) is 2. The highest BCUT2D eigenvalue weighted by atomic mass is 16.5. The number of ether oxygens (including phenoxy) is 1. The van der Waals surface area contributed by atoms with Gasteiger partial charge in [0.2, 0.25) is 0 Å². The number of rotatable bonds is 3. The number of carbonyl (C=O) groups excluding carboxylic acids is 1. The van der Waals surface area contributed by atoms with Crippen molar-refractivity contribution in [2.75, 3.05) is 6.61 Å². The molecule has 0 bridgehead atoms. The Hall–Kier alpha value is -1.05. The molecule has 0 aromatic carbocycles. The van der Waals surface area contributed by atoms with E-state index in [-0.39, 0.29) is 5.97 Å². The maximum Gasteiger partial charge on any atom is 0.337 e. The van der Waals surface area contributed by atoms with Gasteiger partial charge in [-0.05, 0) is 19.3 Å². The first kappa shape index (κ1) is 9.04. The Balaban J connectivity index is 2.41. The Kier molecular flexibility index (Phi) is 3.58. The molecule has 0 aliphatic heterocycles. The molecule has 0 heterocycles. The van der Waals surface area contributed by atoms with Gasteiger partial charge in [-0.2, -0.15) is 0 Å². The molecule has 0 saturated heterocycles. The molecule has 1 aliphatic rings. The van der Waals surface area contributed by atoms with E-state index in [0.29, 0.717) is 12.2 Å². The van der Waals surface area contributed by atoms with Gasteiger partial charge in [-0.3, -0.25) is 0 Å². The summed E-state index contributed by atoms with van der Waals surface area (Å²) in [4.78, 5) is 11.2. The maximum atomic E-state index is 11.2. The van der Waals surface area contributed by atoms with Gasteiger partial charge in [0.15, 0.2) is 0 Å². The van der Waals surface area contributed by atoms with Crippen molar-refractivity contribution in [2.45, 2.75) is 26.2 Å². The second-order valence-electron chi connectivity index (χ2n) is 2.78. The molecular formula is C10H14O2. The number of allylic oxidation sites excluding steroid dienone is 2. The van der Waals surface area contributed by atoms with Crippen LogP contribution in [0.5, 0.6) is 0 Å². The van der Waals surface area contributed by atoms with Crippen molar-refractivity contribution in [3.63, 3.8) is 0 Å². The Morgan fingerprint density at radius 1 is 1.58 bits per heavy atom. The highest BCUT2D eigenvalue weighted by molar-refractivity contribution is 5.91. The average Bonchev–Trinajstić information content (AvgIpc) is 2.15. The lowest BCUT2D eigenvalue weighted by Crippen LogP contribution is -2.08. The topological polar surface area (TPSA) is 26.3 Å². The minimum Gasteiger partial charge on any atom is -0.462 e. The summed E-state index contributed by atoms with van der Waals surface area (Å²) in [5.74, 6) is -0.187. The van der Waals surface area contributed by atoms with Crippen molar-refractivity contribution in [3.8, 4) is 0 Å². The van der Waals surface area contributed by atoms with Crippen LogP contribution in [0.3, 0.4) is 0 Å². The summed E-state index contributed by atoms with van der Waals surface area (Å²) < 4.78 is 4.97. The van der Waals surface area contributed by atoms with Gasteiger partial charge < -0.3 is 4.74 Å². The van der Waals surface area contributed by atoms with E-state index in [4.69, 9.17) is 4.74 Å². The fraction of sp³-hybridized carbons (Fsp3) is 0.500. The molecule has 0 aromatic heterocycles. The normalized spacial score (nSPS) is 15.6. The van der Waals surface area contributed by atoms with Gasteiger partial charge in [0.25, 0.3) is 0 Å². The SMILES string of the molecule is CCCOC(=O)C1=CCCC=C1. The molecule has 1 rings (SSSR count). The van der Waals surface area contributed by atoms with Gasteiger partial charge in [-0.1, -0.05) is 25.2 Å². The largest absolute Gasteiger partial charge is 0.462 e. The summed E-state index contributed by atoms with van der Waals surface area (Å²) in [7, 11) is 0. The molecule has 12 heavy (non-hydrogen) atoms. The van der Waals surface area contributed by atoms with Crippen molar-refractivity contribution in [3.05, 3.63) is 23.8 Å². The Morgan fingerprint density at radius 3 is 3.00 bits per heavy atom. The maximum absolute atomic E-state index is 11.2. The van der Waals surface area contributed by atoms with Crippen LogP contribution in [-0.2, 0) is 9.53 Å². The van der Waals surface area contributed by atoms with Crippen LogP contribution in [-0.4, -0.2) is 12.6 Å². The van der Waals surface area contributed by atoms with E-state index in [2.05, 4.69) is 0 Å². The molecule has 2 nitrogen and oxygen atoms in total. The number of hydrogen-bond donors (Lipinski definition) is 0. The van der Waals surface area contributed by atoms with Crippen molar-refractivity contribution < 1.29 is 9.53 Å². The third kappa shape index (κ3) is 2.53. The molecule has 0 unspecified atom stereocenters. The summed E-state index contributed by atoms with van der Waals surface area (Å²) in [5.41, 5.74) is 0.703. The third-order valence-electron chi connectivity index (χ3n) is 1.67. The first-order chi connectivity index (χ1) is 5.84. The van der Waals surface area contributed by atoms with Crippen LogP contribution >= 0.6 is 0 Å². The molecule has 2 heteroatoms. The minimum absolute atomic E-state index is 0.187. The van der Waals surface area contributed by atoms with E-state index >= 15 is 0 Å². The van der Waals surface area contributed by atoms with Gasteiger partial charge in [-0.15, -0.1) is 0 Å². The number of carbonyl (C=O) groups is 1. The van der Waals surface area contributed by atoms with Gasteiger partial charge in [-0.25, -0.2) is 4.79 Å². The highest BCUT2D eigenvalue weighted by Crippen LogP contribution is 2.10. The minimum atomic E-state index is -0.187. The van der Waals surface area contributed by atoms with Gasteiger partial charge in [0.1, 0.15) is 0 Å². The molecule has 0 atom stereocenters. The lowest BCUT2D eigenvalue weighted by atomic mass is 10.1. The van der Waals surface area contributed by atoms with Crippen molar-refractivity contribution in [1.82, 2.24) is 0 Å². The molecule has 0 amide bonds. The summed E-state index contributed by atoms with van der Waals surface area (Å²) in [6.07, 6.45) is 8.63. The van der Waals surface area contributed by atoms with Crippen LogP contribution in [0, 0.1) is 0 Å². The van der Waals surface area contributed by atoms with Crippen LogP contribution in [0.25, 0.3) is 0 Å². The zero-order valence-electron chi connectivity index (χ0n) is 7.38. The van der Waals surface area contributed by atoms with Crippen LogP contribution in [0.4, 0.5) is 0 Å². The van der Waals surface area contributed by atoms with Crippen LogP contribution in [0.1, 0.15) is 26.2 Å². The van der Waals surface area contributed by atoms with E-state index in [1.165, 1.54) is 0 Å². The summed E-state index contributed by atoms with van der Waals surface area (Å²) >= 11 is 0. The van der Waals surface area contributed by atoms with Gasteiger partial charge in [0.05, 0.1) is 12.2 Å². The molecule has 1 aliphatic carbocycles. The first-order valence-electron chi connectivity index (χ1n) is 4.38. The van der Waals surface area contributed by atoms with E-state index in [0.717, 1.165) is 19.3 Å². The Bertz CT molecular complexity index is 214. The van der Waals surface area contributed by atoms with Crippen LogP contribution in [0.2, 0.25) is 0 Å². The zero-order valence-corrected chi connectivity index (χ0v) is 7.38. The molecule has 0 N–H and O–H groups in total. The second kappa shape index (κ2) is 4.75. The average molecular weight is 166 g/mol. The molecule has 0 fully saturated rings. The summed E-state index contributed by atoms with van der Waals surface area (Å²) in [6, 6.07) is 0. The molecule has 0 saturated carbocycles. The second-order valence-corrected chi connectivity index (χ2v) is 2.78. The van der Waals surface area contributed by atoms with Gasteiger partial charge >= 0.3 is 5.97 Å². The molecule has 0 radical (unpaired) electrons. The smallest absolute Gasteiger partial charge is 0.337 e. The predicted octanol–water partition coefficient (Wildman–Crippen LogP) is 2.22. The third-order valence-corrected chi connectivity index (χ3v) is 1.67. The lowest BCUT2D eigenvalue weighted by Gasteiger charge is -2.06. The number of esters is 1. The van der Waals surface area contributed by atoms with E-state index in [1.54, 1.807) is 0 Å². The van der Waals surface area contributed by atoms with Gasteiger partial charge in [0, 0.05) is 0 Å². The predicted molar refractivity (Wildman–Crippen MR) is 47.7 cm³/mol. The fourth-order valence-corrected chi connectivity index (χ4v) is 1.04. The summed E-state index contributed by atoms with van der Waals surface area (Å²) in [5, 5.41) is 0. The van der Waals surface area contributed by atoms with Crippen LogP contribution in [0.15, 0.2) is 23.8 Å². The van der Waals surface area contributed by atoms with E-state index in [9.17, 15) is 4.79 Å². The summed E-state index contributed by atoms with van der Waals surface area (Å²) in [6.45, 7) is 2.50. The molecule has 66 valence electrons. The monoisotopic (exact) mass is 166 g/mol. The lowest BCUT2D eigenvalue weighted by molar-refractivity contribution is -0.138. The van der Waals surface area contributed by atoms with Crippen LogP contribution < -0.4 is 0 Å².